The molecule has 0 aliphatic carbocycles. The van der Waals surface area contributed by atoms with E-state index in [0.717, 1.165) is 0 Å². The van der Waals surface area contributed by atoms with Crippen LogP contribution in [0.2, 0.25) is 0 Å². The lowest BCUT2D eigenvalue weighted by Gasteiger charge is -2.08. The van der Waals surface area contributed by atoms with Gasteiger partial charge >= 0.3 is 0 Å². The predicted molar refractivity (Wildman–Crippen MR) is 50.4 cm³/mol. The van der Waals surface area contributed by atoms with E-state index in [1.54, 1.807) is 14.0 Å². The summed E-state index contributed by atoms with van der Waals surface area (Å²) in [4.78, 5) is 8.11. The van der Waals surface area contributed by atoms with E-state index in [0.29, 0.717) is 11.5 Å². The molecule has 0 radical (unpaired) electrons. The third-order valence-electron chi connectivity index (χ3n) is 1.79. The van der Waals surface area contributed by atoms with Crippen molar-refractivity contribution >= 4 is 5.82 Å². The Balaban J connectivity index is 3.22. The SMILES string of the molecule is CNc1nc(C(C)C)nc(C)c1F. The molecule has 0 saturated heterocycles. The van der Waals surface area contributed by atoms with Gasteiger partial charge < -0.3 is 5.32 Å². The molecule has 0 amide bonds. The van der Waals surface area contributed by atoms with Crippen LogP contribution in [0, 0.1) is 12.7 Å². The van der Waals surface area contributed by atoms with E-state index >= 15 is 0 Å². The van der Waals surface area contributed by atoms with Crippen LogP contribution in [0.4, 0.5) is 10.2 Å². The largest absolute Gasteiger partial charge is 0.371 e. The van der Waals surface area contributed by atoms with Crippen LogP contribution in [0.3, 0.4) is 0 Å². The molecule has 0 aliphatic rings. The first-order valence-electron chi connectivity index (χ1n) is 4.28. The van der Waals surface area contributed by atoms with Crippen molar-refractivity contribution in [2.24, 2.45) is 0 Å². The van der Waals surface area contributed by atoms with Gasteiger partial charge in [0.05, 0.1) is 5.69 Å². The maximum Gasteiger partial charge on any atom is 0.186 e. The number of nitrogens with one attached hydrogen (secondary N) is 1. The molecular weight excluding hydrogens is 169 g/mol. The molecule has 4 heteroatoms. The molecule has 0 fully saturated rings. The molecule has 1 aromatic rings. The van der Waals surface area contributed by atoms with Crippen molar-refractivity contribution in [2.75, 3.05) is 12.4 Å². The lowest BCUT2D eigenvalue weighted by atomic mass is 10.2. The number of nitrogens with zero attached hydrogens (tertiary/aromatic N) is 2. The van der Waals surface area contributed by atoms with E-state index in [1.165, 1.54) is 0 Å². The van der Waals surface area contributed by atoms with Crippen LogP contribution < -0.4 is 5.32 Å². The second-order valence-corrected chi connectivity index (χ2v) is 3.23. The topological polar surface area (TPSA) is 37.8 Å². The average molecular weight is 183 g/mol. The zero-order valence-electron chi connectivity index (χ0n) is 8.35. The first kappa shape index (κ1) is 9.89. The monoisotopic (exact) mass is 183 g/mol. The molecule has 0 bridgehead atoms. The van der Waals surface area contributed by atoms with Gasteiger partial charge in [-0.2, -0.15) is 0 Å². The Morgan fingerprint density at radius 2 is 1.92 bits per heavy atom. The number of aryl methyl sites for hydroxylation is 1. The molecule has 0 saturated carbocycles. The highest BCUT2D eigenvalue weighted by Gasteiger charge is 2.11. The summed E-state index contributed by atoms with van der Waals surface area (Å²) in [6.07, 6.45) is 0. The molecule has 1 N–H and O–H groups in total. The molecule has 0 spiro atoms. The molecular formula is C9H14FN3. The highest BCUT2D eigenvalue weighted by molar-refractivity contribution is 5.37. The molecule has 72 valence electrons. The summed E-state index contributed by atoms with van der Waals surface area (Å²) >= 11 is 0. The van der Waals surface area contributed by atoms with Crippen LogP contribution >= 0.6 is 0 Å². The smallest absolute Gasteiger partial charge is 0.186 e. The predicted octanol–water partition coefficient (Wildman–Crippen LogP) is 2.09. The molecule has 0 atom stereocenters. The molecule has 0 aromatic carbocycles. The molecule has 1 heterocycles. The molecule has 1 rings (SSSR count). The number of rotatable bonds is 2. The fourth-order valence-corrected chi connectivity index (χ4v) is 1.00. The zero-order valence-corrected chi connectivity index (χ0v) is 8.35. The van der Waals surface area contributed by atoms with Crippen molar-refractivity contribution in [1.29, 1.82) is 0 Å². The lowest BCUT2D eigenvalue weighted by Crippen LogP contribution is -2.06. The van der Waals surface area contributed by atoms with E-state index in [2.05, 4.69) is 15.3 Å². The van der Waals surface area contributed by atoms with E-state index in [-0.39, 0.29) is 17.6 Å². The molecule has 13 heavy (non-hydrogen) atoms. The van der Waals surface area contributed by atoms with Gasteiger partial charge in [0, 0.05) is 13.0 Å². The number of hydrogen-bond acceptors (Lipinski definition) is 3. The highest BCUT2D eigenvalue weighted by atomic mass is 19.1. The Hall–Kier alpha value is -1.19. The van der Waals surface area contributed by atoms with Crippen molar-refractivity contribution in [3.05, 3.63) is 17.3 Å². The quantitative estimate of drug-likeness (QED) is 0.762. The lowest BCUT2D eigenvalue weighted by molar-refractivity contribution is 0.596. The van der Waals surface area contributed by atoms with Crippen LogP contribution in [-0.2, 0) is 0 Å². The van der Waals surface area contributed by atoms with Gasteiger partial charge in [0.25, 0.3) is 0 Å². The van der Waals surface area contributed by atoms with Gasteiger partial charge in [-0.05, 0) is 6.92 Å². The van der Waals surface area contributed by atoms with Gasteiger partial charge in [-0.1, -0.05) is 13.8 Å². The number of halogens is 1. The van der Waals surface area contributed by atoms with Gasteiger partial charge in [0.2, 0.25) is 0 Å². The Morgan fingerprint density at radius 3 is 2.38 bits per heavy atom. The standard InChI is InChI=1S/C9H14FN3/c1-5(2)8-12-6(3)7(10)9(11-4)13-8/h5H,1-4H3,(H,11,12,13). The van der Waals surface area contributed by atoms with Crippen LogP contribution in [-0.4, -0.2) is 17.0 Å². The van der Waals surface area contributed by atoms with Crippen molar-refractivity contribution in [3.63, 3.8) is 0 Å². The van der Waals surface area contributed by atoms with E-state index < -0.39 is 0 Å². The van der Waals surface area contributed by atoms with Gasteiger partial charge in [-0.3, -0.25) is 0 Å². The van der Waals surface area contributed by atoms with Crippen LogP contribution in [0.5, 0.6) is 0 Å². The van der Waals surface area contributed by atoms with Crippen LogP contribution in [0.25, 0.3) is 0 Å². The third-order valence-corrected chi connectivity index (χ3v) is 1.79. The normalized spacial score (nSPS) is 10.6. The van der Waals surface area contributed by atoms with Crippen molar-refractivity contribution in [2.45, 2.75) is 26.7 Å². The summed E-state index contributed by atoms with van der Waals surface area (Å²) in [5.74, 6) is 0.790. The Labute approximate surface area is 77.4 Å². The van der Waals surface area contributed by atoms with Crippen molar-refractivity contribution in [3.8, 4) is 0 Å². The molecule has 0 aliphatic heterocycles. The third kappa shape index (κ3) is 1.94. The number of aromatic nitrogens is 2. The van der Waals surface area contributed by atoms with Crippen molar-refractivity contribution < 1.29 is 4.39 Å². The van der Waals surface area contributed by atoms with Crippen molar-refractivity contribution in [1.82, 2.24) is 9.97 Å². The molecule has 3 nitrogen and oxygen atoms in total. The summed E-state index contributed by atoms with van der Waals surface area (Å²) in [6, 6.07) is 0. The van der Waals surface area contributed by atoms with Gasteiger partial charge in [0.1, 0.15) is 5.82 Å². The minimum Gasteiger partial charge on any atom is -0.371 e. The molecule has 1 aromatic heterocycles. The van der Waals surface area contributed by atoms with Gasteiger partial charge in [0.15, 0.2) is 11.6 Å². The maximum atomic E-state index is 13.3. The molecule has 0 unspecified atom stereocenters. The second-order valence-electron chi connectivity index (χ2n) is 3.23. The summed E-state index contributed by atoms with van der Waals surface area (Å²) in [5.41, 5.74) is 0.392. The summed E-state index contributed by atoms with van der Waals surface area (Å²) in [7, 11) is 1.65. The number of hydrogen-bond donors (Lipinski definition) is 1. The Bertz CT molecular complexity index is 310. The minimum absolute atomic E-state index is 0.214. The average Bonchev–Trinajstić information content (AvgIpc) is 2.09. The first-order chi connectivity index (χ1) is 6.06. The maximum absolute atomic E-state index is 13.3. The van der Waals surface area contributed by atoms with E-state index in [1.807, 2.05) is 13.8 Å². The van der Waals surface area contributed by atoms with E-state index in [4.69, 9.17) is 0 Å². The van der Waals surface area contributed by atoms with Crippen LogP contribution in [0.15, 0.2) is 0 Å². The minimum atomic E-state index is -0.369. The first-order valence-corrected chi connectivity index (χ1v) is 4.28. The van der Waals surface area contributed by atoms with Crippen LogP contribution in [0.1, 0.15) is 31.3 Å². The highest BCUT2D eigenvalue weighted by Crippen LogP contribution is 2.17. The fourth-order valence-electron chi connectivity index (χ4n) is 1.00. The number of anilines is 1. The van der Waals surface area contributed by atoms with E-state index in [9.17, 15) is 4.39 Å². The summed E-state index contributed by atoms with van der Waals surface area (Å²) < 4.78 is 13.3. The Morgan fingerprint density at radius 1 is 1.31 bits per heavy atom. The summed E-state index contributed by atoms with van der Waals surface area (Å²) in [5, 5.41) is 2.71. The summed E-state index contributed by atoms with van der Waals surface area (Å²) in [6.45, 7) is 5.60. The van der Waals surface area contributed by atoms with Gasteiger partial charge in [-0.25, -0.2) is 14.4 Å². The second kappa shape index (κ2) is 3.68. The Kier molecular flexibility index (Phi) is 2.80. The van der Waals surface area contributed by atoms with Gasteiger partial charge in [-0.15, -0.1) is 0 Å². The fraction of sp³-hybridized carbons (Fsp3) is 0.556. The zero-order chi connectivity index (χ0) is 10.0.